The summed E-state index contributed by atoms with van der Waals surface area (Å²) < 4.78 is 2.88. The first kappa shape index (κ1) is 15.3. The molecule has 1 aromatic carbocycles. The predicted molar refractivity (Wildman–Crippen MR) is 95.3 cm³/mol. The average Bonchev–Trinajstić information content (AvgIpc) is 3.24. The highest BCUT2D eigenvalue weighted by Gasteiger charge is 2.34. The summed E-state index contributed by atoms with van der Waals surface area (Å²) in [6, 6.07) is 5.88. The van der Waals surface area contributed by atoms with Crippen molar-refractivity contribution in [2.24, 2.45) is 13.0 Å². The number of benzene rings is 1. The van der Waals surface area contributed by atoms with E-state index in [1.807, 2.05) is 44.6 Å². The average molecular weight is 341 g/mol. The summed E-state index contributed by atoms with van der Waals surface area (Å²) in [5.41, 5.74) is 2.91. The van der Waals surface area contributed by atoms with E-state index >= 15 is 0 Å². The topological polar surface area (TPSA) is 71.8 Å². The molecule has 2 atom stereocenters. The van der Waals surface area contributed by atoms with E-state index in [1.54, 1.807) is 16.0 Å². The number of nitrogens with one attached hydrogen (secondary N) is 2. The maximum atomic E-state index is 12.8. The number of thiazole rings is 1. The van der Waals surface area contributed by atoms with Crippen molar-refractivity contribution in [1.29, 1.82) is 0 Å². The number of carbonyl (C=O) groups excluding carboxylic acids is 1. The van der Waals surface area contributed by atoms with Crippen LogP contribution in [0.4, 0.5) is 5.69 Å². The Bertz CT molecular complexity index is 899. The van der Waals surface area contributed by atoms with E-state index in [0.29, 0.717) is 6.54 Å². The Hall–Kier alpha value is -2.25. The molecule has 1 fully saturated rings. The third-order valence-electron chi connectivity index (χ3n) is 4.47. The number of aryl methyl sites for hydroxylation is 2. The molecule has 1 aliphatic heterocycles. The van der Waals surface area contributed by atoms with Gasteiger partial charge in [-0.25, -0.2) is 4.98 Å². The zero-order chi connectivity index (χ0) is 16.7. The molecule has 1 amide bonds. The van der Waals surface area contributed by atoms with Crippen molar-refractivity contribution in [3.05, 3.63) is 41.2 Å². The number of fused-ring (bicyclic) bond motifs is 1. The van der Waals surface area contributed by atoms with Gasteiger partial charge in [0.1, 0.15) is 0 Å². The molecule has 1 aliphatic rings. The minimum absolute atomic E-state index is 0.0504. The molecule has 0 radical (unpaired) electrons. The Balaban J connectivity index is 1.53. The second kappa shape index (κ2) is 5.99. The SMILES string of the molecule is Cc1nc2ccc(NC(=O)[C@H]3CNC[C@@H]3c3cnn(C)c3)cc2s1. The van der Waals surface area contributed by atoms with Gasteiger partial charge in [0, 0.05) is 37.9 Å². The summed E-state index contributed by atoms with van der Waals surface area (Å²) in [6.07, 6.45) is 3.84. The Morgan fingerprint density at radius 2 is 2.29 bits per heavy atom. The van der Waals surface area contributed by atoms with Gasteiger partial charge in [-0.15, -0.1) is 11.3 Å². The fraction of sp³-hybridized carbons (Fsp3) is 0.353. The van der Waals surface area contributed by atoms with Gasteiger partial charge >= 0.3 is 0 Å². The second-order valence-electron chi connectivity index (χ2n) is 6.22. The third-order valence-corrected chi connectivity index (χ3v) is 5.40. The lowest BCUT2D eigenvalue weighted by atomic mass is 9.90. The van der Waals surface area contributed by atoms with Gasteiger partial charge in [-0.3, -0.25) is 9.48 Å². The van der Waals surface area contributed by atoms with E-state index in [1.165, 1.54) is 0 Å². The number of amides is 1. The van der Waals surface area contributed by atoms with Gasteiger partial charge in [0.2, 0.25) is 5.91 Å². The zero-order valence-electron chi connectivity index (χ0n) is 13.6. The molecule has 24 heavy (non-hydrogen) atoms. The number of aromatic nitrogens is 3. The highest BCUT2D eigenvalue weighted by molar-refractivity contribution is 7.18. The molecular weight excluding hydrogens is 322 g/mol. The fourth-order valence-electron chi connectivity index (χ4n) is 3.29. The standard InChI is InChI=1S/C17H19N5OS/c1-10-20-15-4-3-12(5-16(15)24-10)21-17(23)14-8-18-7-13(14)11-6-19-22(2)9-11/h3-6,9,13-14,18H,7-8H2,1-2H3,(H,21,23)/t13-,14+/m1/s1. The van der Waals surface area contributed by atoms with Crippen molar-refractivity contribution in [3.8, 4) is 0 Å². The van der Waals surface area contributed by atoms with Crippen LogP contribution in [0.25, 0.3) is 10.2 Å². The van der Waals surface area contributed by atoms with Crippen LogP contribution in [0.15, 0.2) is 30.6 Å². The normalized spacial score (nSPS) is 20.6. The van der Waals surface area contributed by atoms with E-state index in [9.17, 15) is 4.79 Å². The quantitative estimate of drug-likeness (QED) is 0.767. The lowest BCUT2D eigenvalue weighted by Crippen LogP contribution is -2.28. The number of carbonyl (C=O) groups is 1. The molecule has 2 N–H and O–H groups in total. The van der Waals surface area contributed by atoms with Crippen LogP contribution in [0, 0.1) is 12.8 Å². The molecule has 3 aromatic rings. The fourth-order valence-corrected chi connectivity index (χ4v) is 4.15. The molecule has 6 nitrogen and oxygen atoms in total. The van der Waals surface area contributed by atoms with Crippen LogP contribution in [0.2, 0.25) is 0 Å². The minimum Gasteiger partial charge on any atom is -0.326 e. The zero-order valence-corrected chi connectivity index (χ0v) is 14.4. The molecule has 0 aliphatic carbocycles. The minimum atomic E-state index is -0.0897. The number of hydrogen-bond acceptors (Lipinski definition) is 5. The third kappa shape index (κ3) is 2.81. The highest BCUT2D eigenvalue weighted by atomic mass is 32.1. The van der Waals surface area contributed by atoms with Gasteiger partial charge in [0.05, 0.1) is 27.3 Å². The summed E-state index contributed by atoms with van der Waals surface area (Å²) in [4.78, 5) is 17.2. The number of nitrogens with zero attached hydrogens (tertiary/aromatic N) is 3. The first-order valence-electron chi connectivity index (χ1n) is 7.97. The molecule has 124 valence electrons. The molecule has 0 saturated carbocycles. The van der Waals surface area contributed by atoms with Gasteiger partial charge < -0.3 is 10.6 Å². The van der Waals surface area contributed by atoms with Crippen LogP contribution in [-0.4, -0.2) is 33.8 Å². The molecule has 1 saturated heterocycles. The molecule has 3 heterocycles. The number of anilines is 1. The van der Waals surface area contributed by atoms with Crippen LogP contribution < -0.4 is 10.6 Å². The van der Waals surface area contributed by atoms with Crippen LogP contribution in [0.3, 0.4) is 0 Å². The Morgan fingerprint density at radius 1 is 1.42 bits per heavy atom. The molecular formula is C17H19N5OS. The van der Waals surface area contributed by atoms with Gasteiger partial charge in [-0.05, 0) is 30.7 Å². The van der Waals surface area contributed by atoms with Crippen molar-refractivity contribution in [1.82, 2.24) is 20.1 Å². The summed E-state index contributed by atoms with van der Waals surface area (Å²) in [5.74, 6) is 0.121. The summed E-state index contributed by atoms with van der Waals surface area (Å²) in [6.45, 7) is 3.48. The molecule has 0 bridgehead atoms. The Morgan fingerprint density at radius 3 is 3.08 bits per heavy atom. The summed E-state index contributed by atoms with van der Waals surface area (Å²) in [5, 5.41) is 11.6. The van der Waals surface area contributed by atoms with E-state index < -0.39 is 0 Å². The van der Waals surface area contributed by atoms with Gasteiger partial charge in [0.15, 0.2) is 0 Å². The van der Waals surface area contributed by atoms with E-state index in [4.69, 9.17) is 0 Å². The predicted octanol–water partition coefficient (Wildman–Crippen LogP) is 2.28. The van der Waals surface area contributed by atoms with E-state index in [-0.39, 0.29) is 17.7 Å². The smallest absolute Gasteiger partial charge is 0.229 e. The maximum absolute atomic E-state index is 12.8. The Labute approximate surface area is 143 Å². The molecule has 7 heteroatoms. The number of hydrogen-bond donors (Lipinski definition) is 2. The summed E-state index contributed by atoms with van der Waals surface area (Å²) >= 11 is 1.64. The number of rotatable bonds is 3. The van der Waals surface area contributed by atoms with Gasteiger partial charge in [-0.2, -0.15) is 5.10 Å². The van der Waals surface area contributed by atoms with Crippen molar-refractivity contribution in [3.63, 3.8) is 0 Å². The van der Waals surface area contributed by atoms with E-state index in [0.717, 1.165) is 33.0 Å². The summed E-state index contributed by atoms with van der Waals surface area (Å²) in [7, 11) is 1.90. The van der Waals surface area contributed by atoms with Crippen LogP contribution in [0.5, 0.6) is 0 Å². The molecule has 0 unspecified atom stereocenters. The maximum Gasteiger partial charge on any atom is 0.229 e. The lowest BCUT2D eigenvalue weighted by Gasteiger charge is -2.17. The second-order valence-corrected chi connectivity index (χ2v) is 7.46. The lowest BCUT2D eigenvalue weighted by molar-refractivity contribution is -0.119. The van der Waals surface area contributed by atoms with Crippen LogP contribution >= 0.6 is 11.3 Å². The van der Waals surface area contributed by atoms with Crippen molar-refractivity contribution in [2.45, 2.75) is 12.8 Å². The molecule has 4 rings (SSSR count). The van der Waals surface area contributed by atoms with Crippen molar-refractivity contribution >= 4 is 33.1 Å². The largest absolute Gasteiger partial charge is 0.326 e. The highest BCUT2D eigenvalue weighted by Crippen LogP contribution is 2.30. The van der Waals surface area contributed by atoms with Crippen molar-refractivity contribution in [2.75, 3.05) is 18.4 Å². The van der Waals surface area contributed by atoms with Crippen LogP contribution in [0.1, 0.15) is 16.5 Å². The van der Waals surface area contributed by atoms with Gasteiger partial charge in [0.25, 0.3) is 0 Å². The Kier molecular flexibility index (Phi) is 3.82. The van der Waals surface area contributed by atoms with Crippen molar-refractivity contribution < 1.29 is 4.79 Å². The van der Waals surface area contributed by atoms with Crippen LogP contribution in [-0.2, 0) is 11.8 Å². The monoisotopic (exact) mass is 341 g/mol. The first-order chi connectivity index (χ1) is 11.6. The first-order valence-corrected chi connectivity index (χ1v) is 8.79. The van der Waals surface area contributed by atoms with E-state index in [2.05, 4.69) is 20.7 Å². The molecule has 2 aromatic heterocycles. The molecule has 0 spiro atoms. The van der Waals surface area contributed by atoms with Gasteiger partial charge in [-0.1, -0.05) is 0 Å².